The average Bonchev–Trinajstić information content (AvgIpc) is 3.16. The topological polar surface area (TPSA) is 68.5 Å². The van der Waals surface area contributed by atoms with Crippen LogP contribution in [0.2, 0.25) is 0 Å². The van der Waals surface area contributed by atoms with Gasteiger partial charge in [-0.25, -0.2) is 22.7 Å². The number of ether oxygens (including phenoxy) is 1. The fourth-order valence-electron chi connectivity index (χ4n) is 4.63. The van der Waals surface area contributed by atoms with E-state index in [0.717, 1.165) is 17.4 Å². The van der Waals surface area contributed by atoms with E-state index in [1.54, 1.807) is 6.92 Å². The van der Waals surface area contributed by atoms with Crippen LogP contribution in [-0.4, -0.2) is 27.1 Å². The van der Waals surface area contributed by atoms with Crippen molar-refractivity contribution in [3.8, 4) is 17.0 Å². The summed E-state index contributed by atoms with van der Waals surface area (Å²) in [4.78, 5) is 17.9. The van der Waals surface area contributed by atoms with E-state index in [1.165, 1.54) is 10.7 Å². The van der Waals surface area contributed by atoms with Crippen LogP contribution in [0.3, 0.4) is 0 Å². The zero-order valence-electron chi connectivity index (χ0n) is 19.4. The lowest BCUT2D eigenvalue weighted by Gasteiger charge is -2.27. The molecule has 35 heavy (non-hydrogen) atoms. The normalized spacial score (nSPS) is 15.2. The number of hydrogen-bond acceptors (Lipinski definition) is 4. The molecule has 1 amide bonds. The van der Waals surface area contributed by atoms with Crippen LogP contribution in [-0.2, 0) is 0 Å². The molecule has 5 rings (SSSR count). The molecule has 1 aliphatic rings. The predicted molar refractivity (Wildman–Crippen MR) is 124 cm³/mol. The molecule has 1 aliphatic heterocycles. The molecule has 4 aromatic rings. The fraction of sp³-hybridized carbons (Fsp3) is 0.269. The molecule has 0 saturated heterocycles. The van der Waals surface area contributed by atoms with Crippen LogP contribution >= 0.6 is 0 Å². The third-order valence-corrected chi connectivity index (χ3v) is 6.20. The van der Waals surface area contributed by atoms with E-state index in [9.17, 15) is 18.0 Å². The van der Waals surface area contributed by atoms with Crippen LogP contribution in [0.1, 0.15) is 59.4 Å². The van der Waals surface area contributed by atoms with Crippen LogP contribution in [0.25, 0.3) is 16.9 Å². The third kappa shape index (κ3) is 3.90. The molecule has 9 heteroatoms. The largest absolute Gasteiger partial charge is 0.493 e. The first-order chi connectivity index (χ1) is 16.8. The van der Waals surface area contributed by atoms with Gasteiger partial charge in [-0.3, -0.25) is 4.79 Å². The van der Waals surface area contributed by atoms with Crippen LogP contribution in [0.5, 0.6) is 5.75 Å². The Morgan fingerprint density at radius 1 is 1.20 bits per heavy atom. The molecule has 0 saturated carbocycles. The maximum Gasteiger partial charge on any atom is 0.253 e. The average molecular weight is 480 g/mol. The lowest BCUT2D eigenvalue weighted by molar-refractivity contribution is 0.0923. The van der Waals surface area contributed by atoms with Gasteiger partial charge < -0.3 is 10.1 Å². The predicted octanol–water partition coefficient (Wildman–Crippen LogP) is 5.50. The number of nitrogens with one attached hydrogen (secondary N) is 1. The highest BCUT2D eigenvalue weighted by molar-refractivity contribution is 5.97. The summed E-state index contributed by atoms with van der Waals surface area (Å²) in [6.07, 6.45) is 2.01. The Labute approximate surface area is 199 Å². The van der Waals surface area contributed by atoms with E-state index in [1.807, 2.05) is 38.1 Å². The molecule has 0 aliphatic carbocycles. The Bertz CT molecular complexity index is 1470. The Morgan fingerprint density at radius 3 is 2.74 bits per heavy atom. The van der Waals surface area contributed by atoms with E-state index in [0.29, 0.717) is 41.6 Å². The maximum atomic E-state index is 14.6. The van der Waals surface area contributed by atoms with Gasteiger partial charge >= 0.3 is 0 Å². The monoisotopic (exact) mass is 480 g/mol. The second kappa shape index (κ2) is 8.72. The van der Waals surface area contributed by atoms with E-state index in [2.05, 4.69) is 15.4 Å². The molecule has 3 heterocycles. The smallest absolute Gasteiger partial charge is 0.253 e. The second-order valence-electron chi connectivity index (χ2n) is 8.86. The molecule has 2 aromatic heterocycles. The third-order valence-electron chi connectivity index (χ3n) is 6.20. The standard InChI is InChI=1S/C26H23F3N4O2/c1-13(2)22-18(26(34)32-20-8-9-35-21-7-5-4-6-16(20)21)12-30-33-24(14(3)31-25(22)33)17-10-15(27)11-19(28)23(17)29/h4-7,10-13,20H,8-9H2,1-3H3,(H,32,34)/t20-/m0/s1. The van der Waals surface area contributed by atoms with Gasteiger partial charge in [0.15, 0.2) is 17.3 Å². The first-order valence-electron chi connectivity index (χ1n) is 11.3. The van der Waals surface area contributed by atoms with E-state index < -0.39 is 17.5 Å². The number of carbonyl (C=O) groups is 1. The minimum Gasteiger partial charge on any atom is -0.493 e. The summed E-state index contributed by atoms with van der Waals surface area (Å²) < 4.78 is 49.5. The zero-order chi connectivity index (χ0) is 24.9. The number of aromatic nitrogens is 3. The van der Waals surface area contributed by atoms with Crippen molar-refractivity contribution < 1.29 is 22.7 Å². The van der Waals surface area contributed by atoms with Gasteiger partial charge in [-0.2, -0.15) is 5.10 Å². The molecule has 1 atom stereocenters. The maximum absolute atomic E-state index is 14.6. The molecular formula is C26H23F3N4O2. The minimum absolute atomic E-state index is 0.128. The van der Waals surface area contributed by atoms with Gasteiger partial charge in [0.1, 0.15) is 11.6 Å². The minimum atomic E-state index is -1.30. The van der Waals surface area contributed by atoms with Crippen molar-refractivity contribution in [1.82, 2.24) is 19.9 Å². The zero-order valence-corrected chi connectivity index (χ0v) is 19.4. The van der Waals surface area contributed by atoms with Crippen LogP contribution in [0.4, 0.5) is 13.2 Å². The number of carbonyl (C=O) groups excluding carboxylic acids is 1. The highest BCUT2D eigenvalue weighted by atomic mass is 19.2. The molecule has 180 valence electrons. The number of amides is 1. The molecule has 6 nitrogen and oxygen atoms in total. The van der Waals surface area contributed by atoms with E-state index in [-0.39, 0.29) is 29.1 Å². The van der Waals surface area contributed by atoms with Gasteiger partial charge in [0.2, 0.25) is 0 Å². The first kappa shape index (κ1) is 22.9. The quantitative estimate of drug-likeness (QED) is 0.392. The summed E-state index contributed by atoms with van der Waals surface area (Å²) in [6, 6.07) is 8.72. The lowest BCUT2D eigenvalue weighted by atomic mass is 9.97. The molecule has 2 aromatic carbocycles. The lowest BCUT2D eigenvalue weighted by Crippen LogP contribution is -2.33. The van der Waals surface area contributed by atoms with Gasteiger partial charge in [-0.1, -0.05) is 32.0 Å². The summed E-state index contributed by atoms with van der Waals surface area (Å²) in [6.45, 7) is 5.90. The summed E-state index contributed by atoms with van der Waals surface area (Å²) in [5.74, 6) is -3.14. The van der Waals surface area contributed by atoms with Crippen molar-refractivity contribution in [2.24, 2.45) is 0 Å². The molecule has 0 spiro atoms. The molecular weight excluding hydrogens is 457 g/mol. The van der Waals surface area contributed by atoms with Crippen LogP contribution in [0.15, 0.2) is 42.6 Å². The summed E-state index contributed by atoms with van der Waals surface area (Å²) >= 11 is 0. The molecule has 0 radical (unpaired) electrons. The van der Waals surface area contributed by atoms with Gasteiger partial charge in [-0.15, -0.1) is 0 Å². The van der Waals surface area contributed by atoms with Gasteiger partial charge in [0.25, 0.3) is 5.91 Å². The Morgan fingerprint density at radius 2 is 1.97 bits per heavy atom. The Hall–Kier alpha value is -3.88. The summed E-state index contributed by atoms with van der Waals surface area (Å²) in [5.41, 5.74) is 2.34. The Kier molecular flexibility index (Phi) is 5.70. The van der Waals surface area contributed by atoms with Crippen molar-refractivity contribution in [3.63, 3.8) is 0 Å². The fourth-order valence-corrected chi connectivity index (χ4v) is 4.63. The highest BCUT2D eigenvalue weighted by Crippen LogP contribution is 2.34. The summed E-state index contributed by atoms with van der Waals surface area (Å²) in [5, 5.41) is 7.41. The number of benzene rings is 2. The highest BCUT2D eigenvalue weighted by Gasteiger charge is 2.28. The van der Waals surface area contributed by atoms with E-state index >= 15 is 0 Å². The number of nitrogens with zero attached hydrogens (tertiary/aromatic N) is 3. The van der Waals surface area contributed by atoms with Gasteiger partial charge in [0.05, 0.1) is 35.8 Å². The van der Waals surface area contributed by atoms with E-state index in [4.69, 9.17) is 4.74 Å². The number of hydrogen-bond donors (Lipinski definition) is 1. The van der Waals surface area contributed by atoms with Gasteiger partial charge in [0, 0.05) is 29.2 Å². The SMILES string of the molecule is Cc1nc2c(C(C)C)c(C(=O)N[C@H]3CCOc4ccccc43)cnn2c1-c1cc(F)cc(F)c1F. The van der Waals surface area contributed by atoms with Crippen LogP contribution < -0.4 is 10.1 Å². The van der Waals surface area contributed by atoms with Gasteiger partial charge in [-0.05, 0) is 25.0 Å². The van der Waals surface area contributed by atoms with Crippen molar-refractivity contribution in [1.29, 1.82) is 0 Å². The van der Waals surface area contributed by atoms with Crippen molar-refractivity contribution >= 4 is 11.6 Å². The second-order valence-corrected chi connectivity index (χ2v) is 8.86. The number of imidazole rings is 1. The van der Waals surface area contributed by atoms with Crippen molar-refractivity contribution in [2.45, 2.75) is 39.2 Å². The number of aryl methyl sites for hydroxylation is 1. The van der Waals surface area contributed by atoms with Crippen molar-refractivity contribution in [2.75, 3.05) is 6.61 Å². The number of rotatable bonds is 4. The van der Waals surface area contributed by atoms with Crippen molar-refractivity contribution in [3.05, 3.63) is 82.4 Å². The van der Waals surface area contributed by atoms with Crippen LogP contribution in [0, 0.1) is 24.4 Å². The molecule has 1 N–H and O–H groups in total. The summed E-state index contributed by atoms with van der Waals surface area (Å²) in [7, 11) is 0. The Balaban J connectivity index is 1.60. The number of halogens is 3. The number of para-hydroxylation sites is 1. The first-order valence-corrected chi connectivity index (χ1v) is 11.3. The number of fused-ring (bicyclic) bond motifs is 2. The molecule has 0 bridgehead atoms. The molecule has 0 fully saturated rings. The molecule has 0 unspecified atom stereocenters.